The van der Waals surface area contributed by atoms with Crippen molar-refractivity contribution in [1.82, 2.24) is 14.5 Å². The number of nitrogen functional groups attached to an aromatic ring is 1. The zero-order chi connectivity index (χ0) is 24.7. The van der Waals surface area contributed by atoms with E-state index in [1.54, 1.807) is 33.3 Å². The van der Waals surface area contributed by atoms with Gasteiger partial charge in [-0.3, -0.25) is 4.72 Å². The predicted molar refractivity (Wildman–Crippen MR) is 136 cm³/mol. The van der Waals surface area contributed by atoms with Gasteiger partial charge in [0.25, 0.3) is 0 Å². The number of amides is 1. The van der Waals surface area contributed by atoms with E-state index in [1.807, 2.05) is 50.2 Å². The Morgan fingerprint density at radius 3 is 2.42 bits per heavy atom. The maximum atomic E-state index is 12.9. The molecule has 0 unspecified atom stereocenters. The summed E-state index contributed by atoms with van der Waals surface area (Å²) in [6.07, 6.45) is -0.0747. The molecule has 2 aromatic carbocycles. The van der Waals surface area contributed by atoms with Crippen molar-refractivity contribution in [2.75, 3.05) is 41.0 Å². The molecule has 33 heavy (non-hydrogen) atoms. The molecule has 3 rings (SSSR count). The smallest absolute Gasteiger partial charge is 0.414 e. The molecule has 178 valence electrons. The average molecular weight is 473 g/mol. The lowest BCUT2D eigenvalue weighted by atomic mass is 9.95. The van der Waals surface area contributed by atoms with Gasteiger partial charge in [-0.05, 0) is 63.0 Å². The highest BCUT2D eigenvalue weighted by Crippen LogP contribution is 2.28. The van der Waals surface area contributed by atoms with E-state index in [0.29, 0.717) is 35.5 Å². The number of anilines is 1. The van der Waals surface area contributed by atoms with Gasteiger partial charge in [0, 0.05) is 49.8 Å². The van der Waals surface area contributed by atoms with Crippen LogP contribution in [0.1, 0.15) is 22.3 Å². The van der Waals surface area contributed by atoms with Gasteiger partial charge in [-0.15, -0.1) is 0 Å². The molecule has 0 radical (unpaired) electrons. The SMILES string of the molecule is CNS.Cc1c(N)cccc1Cc1c(CN(C)C)c2ccc(OC(=O)N(C)C)cc2oc1=O. The molecular weight excluding hydrogens is 440 g/mol. The highest BCUT2D eigenvalue weighted by atomic mass is 32.1. The predicted octanol–water partition coefficient (Wildman–Crippen LogP) is 3.45. The zero-order valence-electron chi connectivity index (χ0n) is 19.9. The quantitative estimate of drug-likeness (QED) is 0.297. The fourth-order valence-corrected chi connectivity index (χ4v) is 3.30. The van der Waals surface area contributed by atoms with Gasteiger partial charge >= 0.3 is 11.7 Å². The summed E-state index contributed by atoms with van der Waals surface area (Å²) in [4.78, 5) is 28.1. The molecule has 8 nitrogen and oxygen atoms in total. The van der Waals surface area contributed by atoms with Crippen molar-refractivity contribution in [3.05, 3.63) is 69.1 Å². The highest BCUT2D eigenvalue weighted by Gasteiger charge is 2.18. The van der Waals surface area contributed by atoms with E-state index in [2.05, 4.69) is 17.5 Å². The molecule has 0 saturated heterocycles. The number of hydrogen-bond acceptors (Lipinski definition) is 8. The van der Waals surface area contributed by atoms with Crippen molar-refractivity contribution < 1.29 is 13.9 Å². The van der Waals surface area contributed by atoms with Crippen LogP contribution in [0.15, 0.2) is 45.6 Å². The van der Waals surface area contributed by atoms with Gasteiger partial charge in [0.2, 0.25) is 0 Å². The summed E-state index contributed by atoms with van der Waals surface area (Å²) in [6, 6.07) is 10.8. The van der Waals surface area contributed by atoms with Crippen LogP contribution in [-0.4, -0.2) is 51.1 Å². The normalized spacial score (nSPS) is 10.7. The molecule has 3 aromatic rings. The number of rotatable bonds is 5. The van der Waals surface area contributed by atoms with Gasteiger partial charge in [-0.25, -0.2) is 9.59 Å². The maximum Gasteiger partial charge on any atom is 0.414 e. The molecule has 0 fully saturated rings. The lowest BCUT2D eigenvalue weighted by Crippen LogP contribution is -2.25. The minimum Gasteiger partial charge on any atom is -0.422 e. The number of nitrogens with two attached hydrogens (primary N) is 1. The first-order chi connectivity index (χ1) is 15.6. The van der Waals surface area contributed by atoms with Crippen LogP contribution in [0.3, 0.4) is 0 Å². The Morgan fingerprint density at radius 1 is 1.15 bits per heavy atom. The molecule has 9 heteroatoms. The van der Waals surface area contributed by atoms with Gasteiger partial charge in [-0.1, -0.05) is 24.9 Å². The molecule has 0 spiro atoms. The topological polar surface area (TPSA) is 101 Å². The first-order valence-electron chi connectivity index (χ1n) is 10.4. The third kappa shape index (κ3) is 6.74. The van der Waals surface area contributed by atoms with Crippen LogP contribution in [-0.2, 0) is 13.0 Å². The molecule has 0 aliphatic heterocycles. The van der Waals surface area contributed by atoms with Gasteiger partial charge in [0.15, 0.2) is 0 Å². The number of carbonyl (C=O) groups is 1. The lowest BCUT2D eigenvalue weighted by Gasteiger charge is -2.17. The van der Waals surface area contributed by atoms with Crippen molar-refractivity contribution in [3.63, 3.8) is 0 Å². The number of carbonyl (C=O) groups excluding carboxylic acids is 1. The van der Waals surface area contributed by atoms with Gasteiger partial charge in [0.05, 0.1) is 0 Å². The van der Waals surface area contributed by atoms with Gasteiger partial charge in [-0.2, -0.15) is 0 Å². The third-order valence-corrected chi connectivity index (χ3v) is 4.99. The van der Waals surface area contributed by atoms with Crippen LogP contribution in [0.25, 0.3) is 11.0 Å². The van der Waals surface area contributed by atoms with Crippen LogP contribution >= 0.6 is 12.8 Å². The molecule has 0 aliphatic rings. The lowest BCUT2D eigenvalue weighted by molar-refractivity contribution is 0.172. The summed E-state index contributed by atoms with van der Waals surface area (Å²) >= 11 is 3.54. The van der Waals surface area contributed by atoms with Gasteiger partial charge < -0.3 is 24.7 Å². The van der Waals surface area contributed by atoms with E-state index in [9.17, 15) is 9.59 Å². The fraction of sp³-hybridized carbons (Fsp3) is 0.333. The summed E-state index contributed by atoms with van der Waals surface area (Å²) in [5.41, 5.74) is 10.1. The Kier molecular flexibility index (Phi) is 9.33. The van der Waals surface area contributed by atoms with E-state index < -0.39 is 11.7 Å². The van der Waals surface area contributed by atoms with Crippen LogP contribution in [0.4, 0.5) is 10.5 Å². The molecule has 1 aromatic heterocycles. The molecule has 3 N–H and O–H groups in total. The summed E-state index contributed by atoms with van der Waals surface area (Å²) in [5, 5.41) is 0.810. The molecule has 1 amide bonds. The second-order valence-electron chi connectivity index (χ2n) is 8.04. The Hall–Kier alpha value is -3.01. The van der Waals surface area contributed by atoms with Gasteiger partial charge in [0.1, 0.15) is 11.3 Å². The maximum absolute atomic E-state index is 12.9. The Balaban J connectivity index is 0.00000122. The molecule has 0 saturated carbocycles. The molecule has 1 heterocycles. The molecule has 0 bridgehead atoms. The summed E-state index contributed by atoms with van der Waals surface area (Å²) in [6.45, 7) is 2.51. The van der Waals surface area contributed by atoms with Crippen LogP contribution in [0.5, 0.6) is 5.75 Å². The minimum absolute atomic E-state index is 0.319. The van der Waals surface area contributed by atoms with Crippen molar-refractivity contribution in [1.29, 1.82) is 0 Å². The van der Waals surface area contributed by atoms with E-state index >= 15 is 0 Å². The minimum atomic E-state index is -0.501. The zero-order valence-corrected chi connectivity index (χ0v) is 20.8. The second-order valence-corrected chi connectivity index (χ2v) is 8.48. The van der Waals surface area contributed by atoms with E-state index in [1.165, 1.54) is 4.90 Å². The Labute approximate surface area is 199 Å². The Morgan fingerprint density at radius 2 is 1.82 bits per heavy atom. The van der Waals surface area contributed by atoms with E-state index in [-0.39, 0.29) is 0 Å². The van der Waals surface area contributed by atoms with Crippen LogP contribution in [0, 0.1) is 6.92 Å². The number of nitrogens with zero attached hydrogens (tertiary/aromatic N) is 2. The number of nitrogens with one attached hydrogen (secondary N) is 1. The standard InChI is InChI=1S/C23H27N3O4.CH5NS/c1-14-15(7-6-8-20(14)24)11-18-19(13-25(2)3)17-10-9-16(29-23(28)26(4)5)12-21(17)30-22(18)27;1-2-3/h6-10,12H,11,13,24H2,1-5H3;2-3H,1H3. The number of benzene rings is 2. The van der Waals surface area contributed by atoms with Crippen LogP contribution in [0.2, 0.25) is 0 Å². The number of fused-ring (bicyclic) bond motifs is 1. The second kappa shape index (κ2) is 11.7. The number of thiol groups is 1. The van der Waals surface area contributed by atoms with Crippen molar-refractivity contribution in [2.24, 2.45) is 0 Å². The summed E-state index contributed by atoms with van der Waals surface area (Å²) < 4.78 is 13.4. The summed E-state index contributed by atoms with van der Waals surface area (Å²) in [5.74, 6) is 0.319. The Bertz CT molecular complexity index is 1180. The number of hydrogen-bond donors (Lipinski definition) is 3. The van der Waals surface area contributed by atoms with E-state index in [4.69, 9.17) is 14.9 Å². The molecule has 0 atom stereocenters. The van der Waals surface area contributed by atoms with Crippen molar-refractivity contribution in [2.45, 2.75) is 19.9 Å². The molecule has 0 aliphatic carbocycles. The highest BCUT2D eigenvalue weighted by molar-refractivity contribution is 7.78. The van der Waals surface area contributed by atoms with Crippen molar-refractivity contribution in [3.8, 4) is 5.75 Å². The largest absolute Gasteiger partial charge is 0.422 e. The third-order valence-electron chi connectivity index (χ3n) is 4.99. The van der Waals surface area contributed by atoms with E-state index in [0.717, 1.165) is 22.1 Å². The van der Waals surface area contributed by atoms with Crippen molar-refractivity contribution >= 4 is 35.6 Å². The average Bonchev–Trinajstić information content (AvgIpc) is 2.73. The first kappa shape index (κ1) is 26.2. The number of ether oxygens (including phenoxy) is 1. The first-order valence-corrected chi connectivity index (χ1v) is 10.8. The van der Waals surface area contributed by atoms with Crippen LogP contribution < -0.4 is 20.8 Å². The summed E-state index contributed by atoms with van der Waals surface area (Å²) in [7, 11) is 8.84. The fourth-order valence-electron chi connectivity index (χ4n) is 3.30. The molecular formula is C24H32N4O4S. The monoisotopic (exact) mass is 472 g/mol.